The van der Waals surface area contributed by atoms with Crippen molar-refractivity contribution in [3.8, 4) is 0 Å². The van der Waals surface area contributed by atoms with Gasteiger partial charge in [-0.15, -0.1) is 0 Å². The lowest BCUT2D eigenvalue weighted by atomic mass is 9.90. The minimum atomic E-state index is -0.385. The smallest absolute Gasteiger partial charge is 0.261 e. The number of carbonyl (C=O) groups excluding carboxylic acids is 2. The number of nitrogens with one attached hydrogen (secondary N) is 1. The fourth-order valence-corrected chi connectivity index (χ4v) is 2.39. The van der Waals surface area contributed by atoms with Gasteiger partial charge < -0.3 is 5.32 Å². The molecule has 1 aromatic rings. The monoisotopic (exact) mass is 336 g/mol. The Labute approximate surface area is 127 Å². The zero-order valence-corrected chi connectivity index (χ0v) is 13.3. The average Bonchev–Trinajstić information content (AvgIpc) is 2.40. The first-order chi connectivity index (χ1) is 9.30. The summed E-state index contributed by atoms with van der Waals surface area (Å²) in [7, 11) is 0. The molecule has 5 heteroatoms. The van der Waals surface area contributed by atoms with Gasteiger partial charge in [0.25, 0.3) is 11.8 Å². The van der Waals surface area contributed by atoms with Crippen LogP contribution < -0.4 is 5.32 Å². The highest BCUT2D eigenvalue weighted by molar-refractivity contribution is 9.12. The highest BCUT2D eigenvalue weighted by Crippen LogP contribution is 2.28. The van der Waals surface area contributed by atoms with Crippen molar-refractivity contribution in [1.29, 1.82) is 0 Å². The van der Waals surface area contributed by atoms with Gasteiger partial charge in [-0.05, 0) is 28.1 Å². The van der Waals surface area contributed by atoms with Crippen LogP contribution in [0, 0.1) is 5.41 Å². The molecule has 106 valence electrons. The summed E-state index contributed by atoms with van der Waals surface area (Å²) in [6, 6.07) is 9.03. The van der Waals surface area contributed by atoms with Crippen molar-refractivity contribution >= 4 is 27.7 Å². The summed E-state index contributed by atoms with van der Waals surface area (Å²) >= 11 is 3.18. The molecule has 0 spiro atoms. The summed E-state index contributed by atoms with van der Waals surface area (Å²) in [4.78, 5) is 26.0. The Morgan fingerprint density at radius 1 is 1.25 bits per heavy atom. The molecular formula is C15H17BrN2O2. The van der Waals surface area contributed by atoms with Crippen molar-refractivity contribution in [1.82, 2.24) is 10.2 Å². The summed E-state index contributed by atoms with van der Waals surface area (Å²) in [6.07, 6.45) is 1.17. The molecule has 0 aromatic heterocycles. The molecular weight excluding hydrogens is 320 g/mol. The van der Waals surface area contributed by atoms with E-state index in [9.17, 15) is 9.59 Å². The Bertz CT molecular complexity index is 561. The van der Waals surface area contributed by atoms with Crippen molar-refractivity contribution in [2.24, 2.45) is 5.41 Å². The fourth-order valence-electron chi connectivity index (χ4n) is 2.06. The minimum absolute atomic E-state index is 0.137. The second kappa shape index (κ2) is 5.40. The molecule has 0 bridgehead atoms. The third kappa shape index (κ3) is 2.93. The molecule has 2 rings (SSSR count). The van der Waals surface area contributed by atoms with Crippen LogP contribution in [-0.4, -0.2) is 22.9 Å². The number of benzene rings is 1. The zero-order valence-electron chi connectivity index (χ0n) is 11.7. The first-order valence-corrected chi connectivity index (χ1v) is 7.16. The van der Waals surface area contributed by atoms with Crippen LogP contribution >= 0.6 is 15.9 Å². The number of halogens is 1. The topological polar surface area (TPSA) is 49.4 Å². The van der Waals surface area contributed by atoms with Crippen LogP contribution in [0.4, 0.5) is 0 Å². The standard InChI is InChI=1S/C15H17BrN2O2/c1-15(2,3)14-17-12(19)11(16)9-18(14)13(20)10-7-5-4-6-8-10/h4-9,14H,1-3H3,(H,17,19)/t14-/m0/s1. The SMILES string of the molecule is CC(C)(C)[C@H]1NC(=O)C(Br)=CN1C(=O)c1ccccc1. The number of hydrogen-bond acceptors (Lipinski definition) is 2. The Morgan fingerprint density at radius 2 is 1.85 bits per heavy atom. The van der Waals surface area contributed by atoms with Crippen LogP contribution in [0.5, 0.6) is 0 Å². The van der Waals surface area contributed by atoms with Gasteiger partial charge in [-0.25, -0.2) is 0 Å². The maximum absolute atomic E-state index is 12.6. The van der Waals surface area contributed by atoms with Gasteiger partial charge in [0.15, 0.2) is 0 Å². The minimum Gasteiger partial charge on any atom is -0.330 e. The van der Waals surface area contributed by atoms with E-state index in [0.717, 1.165) is 0 Å². The second-order valence-electron chi connectivity index (χ2n) is 5.80. The predicted molar refractivity (Wildman–Crippen MR) is 81.0 cm³/mol. The number of nitrogens with zero attached hydrogens (tertiary/aromatic N) is 1. The maximum Gasteiger partial charge on any atom is 0.261 e. The van der Waals surface area contributed by atoms with E-state index in [4.69, 9.17) is 0 Å². The molecule has 0 fully saturated rings. The van der Waals surface area contributed by atoms with E-state index < -0.39 is 0 Å². The third-order valence-corrected chi connectivity index (χ3v) is 3.66. The molecule has 0 saturated heterocycles. The second-order valence-corrected chi connectivity index (χ2v) is 6.65. The first kappa shape index (κ1) is 14.8. The number of rotatable bonds is 1. The summed E-state index contributed by atoms with van der Waals surface area (Å²) in [5, 5.41) is 2.86. The van der Waals surface area contributed by atoms with Crippen LogP contribution in [0.2, 0.25) is 0 Å². The van der Waals surface area contributed by atoms with E-state index in [2.05, 4.69) is 21.2 Å². The number of carbonyl (C=O) groups is 2. The Hall–Kier alpha value is -1.62. The Kier molecular flexibility index (Phi) is 3.99. The molecule has 2 amide bonds. The molecule has 0 saturated carbocycles. The molecule has 1 heterocycles. The largest absolute Gasteiger partial charge is 0.330 e. The molecule has 4 nitrogen and oxygen atoms in total. The third-order valence-electron chi connectivity index (χ3n) is 3.09. The predicted octanol–water partition coefficient (Wildman–Crippen LogP) is 2.87. The summed E-state index contributed by atoms with van der Waals surface area (Å²) in [6.45, 7) is 5.95. The maximum atomic E-state index is 12.6. The highest BCUT2D eigenvalue weighted by atomic mass is 79.9. The van der Waals surface area contributed by atoms with Crippen molar-refractivity contribution in [3.05, 3.63) is 46.6 Å². The molecule has 0 radical (unpaired) electrons. The molecule has 0 unspecified atom stereocenters. The quantitative estimate of drug-likeness (QED) is 0.857. The molecule has 1 N–H and O–H groups in total. The molecule has 20 heavy (non-hydrogen) atoms. The number of amides is 2. The van der Waals surface area contributed by atoms with E-state index in [1.807, 2.05) is 39.0 Å². The van der Waals surface area contributed by atoms with E-state index in [1.165, 1.54) is 0 Å². The zero-order chi connectivity index (χ0) is 14.9. The highest BCUT2D eigenvalue weighted by Gasteiger charge is 2.37. The Morgan fingerprint density at radius 3 is 2.40 bits per heavy atom. The van der Waals surface area contributed by atoms with E-state index in [-0.39, 0.29) is 23.4 Å². The van der Waals surface area contributed by atoms with E-state index >= 15 is 0 Å². The molecule has 0 aliphatic carbocycles. The summed E-state index contributed by atoms with van der Waals surface area (Å²) < 4.78 is 0.349. The molecule has 1 atom stereocenters. The first-order valence-electron chi connectivity index (χ1n) is 6.36. The van der Waals surface area contributed by atoms with Crippen molar-refractivity contribution in [3.63, 3.8) is 0 Å². The average molecular weight is 337 g/mol. The van der Waals surface area contributed by atoms with Crippen LogP contribution in [-0.2, 0) is 4.79 Å². The molecule has 1 aliphatic rings. The van der Waals surface area contributed by atoms with Gasteiger partial charge in [0, 0.05) is 17.2 Å². The normalized spacial score (nSPS) is 19.4. The van der Waals surface area contributed by atoms with Gasteiger partial charge in [0.1, 0.15) is 6.17 Å². The number of hydrogen-bond donors (Lipinski definition) is 1. The van der Waals surface area contributed by atoms with Crippen LogP contribution in [0.25, 0.3) is 0 Å². The summed E-state index contributed by atoms with van der Waals surface area (Å²) in [5.41, 5.74) is 0.319. The van der Waals surface area contributed by atoms with Gasteiger partial charge in [-0.2, -0.15) is 0 Å². The van der Waals surface area contributed by atoms with Crippen LogP contribution in [0.15, 0.2) is 41.0 Å². The van der Waals surface area contributed by atoms with Gasteiger partial charge in [-0.3, -0.25) is 14.5 Å². The molecule has 1 aromatic carbocycles. The van der Waals surface area contributed by atoms with Gasteiger partial charge in [0.2, 0.25) is 0 Å². The van der Waals surface area contributed by atoms with Gasteiger partial charge >= 0.3 is 0 Å². The van der Waals surface area contributed by atoms with Crippen molar-refractivity contribution in [2.45, 2.75) is 26.9 Å². The lowest BCUT2D eigenvalue weighted by Crippen LogP contribution is -2.57. The van der Waals surface area contributed by atoms with Gasteiger partial charge in [-0.1, -0.05) is 39.0 Å². The molecule has 1 aliphatic heterocycles. The lowest BCUT2D eigenvalue weighted by molar-refractivity contribution is -0.120. The van der Waals surface area contributed by atoms with E-state index in [0.29, 0.717) is 10.0 Å². The summed E-state index contributed by atoms with van der Waals surface area (Å²) in [5.74, 6) is -0.343. The van der Waals surface area contributed by atoms with Crippen molar-refractivity contribution < 1.29 is 9.59 Å². The lowest BCUT2D eigenvalue weighted by Gasteiger charge is -2.41. The van der Waals surface area contributed by atoms with Crippen molar-refractivity contribution in [2.75, 3.05) is 0 Å². The van der Waals surface area contributed by atoms with Crippen LogP contribution in [0.3, 0.4) is 0 Å². The fraction of sp³-hybridized carbons (Fsp3) is 0.333. The van der Waals surface area contributed by atoms with E-state index in [1.54, 1.807) is 23.2 Å². The van der Waals surface area contributed by atoms with Gasteiger partial charge in [0.05, 0.1) is 4.48 Å². The Balaban J connectivity index is 2.40. The van der Waals surface area contributed by atoms with Crippen LogP contribution in [0.1, 0.15) is 31.1 Å².